The highest BCUT2D eigenvalue weighted by molar-refractivity contribution is 14.0. The minimum atomic E-state index is 0. The van der Waals surface area contributed by atoms with Crippen molar-refractivity contribution in [2.75, 3.05) is 26.2 Å². The normalized spacial score (nSPS) is 20.7. The smallest absolute Gasteiger partial charge is 0.244 e. The molecule has 26 heavy (non-hydrogen) atoms. The van der Waals surface area contributed by atoms with Crippen LogP contribution < -0.4 is 5.32 Å². The molecule has 0 aromatic carbocycles. The van der Waals surface area contributed by atoms with Crippen LogP contribution in [0.1, 0.15) is 45.1 Å². The van der Waals surface area contributed by atoms with Crippen LogP contribution in [0.5, 0.6) is 0 Å². The molecule has 7 heteroatoms. The molecular formula is C19H31IN4OS. The Bertz CT molecular complexity index is 683. The summed E-state index contributed by atoms with van der Waals surface area (Å²) >= 11 is 1.80. The van der Waals surface area contributed by atoms with Gasteiger partial charge in [0, 0.05) is 42.0 Å². The number of thiophene rings is 1. The van der Waals surface area contributed by atoms with Gasteiger partial charge in [-0.15, -0.1) is 35.3 Å². The van der Waals surface area contributed by atoms with E-state index < -0.39 is 0 Å². The standard InChI is InChI=1S/C19H30N4OS.HI/c1-6-20-17(23-13-18(2,3)19(23,4)5)21-11-16(24)22-9-7-15-14(12-22)8-10-25-15;/h8,10H,6-7,9,11-13H2,1-5H3,(H,20,21);1H. The van der Waals surface area contributed by atoms with E-state index in [-0.39, 0.29) is 47.4 Å². The fraction of sp³-hybridized carbons (Fsp3) is 0.684. The zero-order valence-electron chi connectivity index (χ0n) is 16.5. The number of amides is 1. The molecule has 146 valence electrons. The second kappa shape index (κ2) is 8.04. The number of fused-ring (bicyclic) bond motifs is 1. The number of carbonyl (C=O) groups excluding carboxylic acids is 1. The van der Waals surface area contributed by atoms with E-state index in [1.54, 1.807) is 11.3 Å². The van der Waals surface area contributed by atoms with Crippen LogP contribution in [0.4, 0.5) is 0 Å². The van der Waals surface area contributed by atoms with Crippen molar-refractivity contribution in [3.05, 3.63) is 21.9 Å². The number of aliphatic imine (C=N–C) groups is 1. The number of halogens is 1. The average Bonchev–Trinajstić information content (AvgIpc) is 3.04. The zero-order valence-corrected chi connectivity index (χ0v) is 19.6. The summed E-state index contributed by atoms with van der Waals surface area (Å²) in [4.78, 5) is 22.9. The Kier molecular flexibility index (Phi) is 6.64. The largest absolute Gasteiger partial charge is 0.356 e. The van der Waals surface area contributed by atoms with Gasteiger partial charge < -0.3 is 15.1 Å². The van der Waals surface area contributed by atoms with Gasteiger partial charge in [-0.05, 0) is 44.2 Å². The molecule has 3 heterocycles. The molecule has 1 amide bonds. The van der Waals surface area contributed by atoms with Crippen molar-refractivity contribution >= 4 is 47.2 Å². The molecule has 1 saturated heterocycles. The number of rotatable bonds is 3. The lowest BCUT2D eigenvalue weighted by atomic mass is 9.65. The number of likely N-dealkylation sites (tertiary alicyclic amines) is 1. The number of hydrogen-bond donors (Lipinski definition) is 1. The molecule has 0 radical (unpaired) electrons. The van der Waals surface area contributed by atoms with Gasteiger partial charge in [-0.25, -0.2) is 4.99 Å². The van der Waals surface area contributed by atoms with Gasteiger partial charge in [-0.3, -0.25) is 4.79 Å². The van der Waals surface area contributed by atoms with E-state index in [9.17, 15) is 4.79 Å². The zero-order chi connectivity index (χ0) is 18.2. The summed E-state index contributed by atoms with van der Waals surface area (Å²) in [5, 5.41) is 5.47. The number of nitrogens with one attached hydrogen (secondary N) is 1. The van der Waals surface area contributed by atoms with Gasteiger partial charge in [0.05, 0.1) is 0 Å². The maximum atomic E-state index is 12.6. The van der Waals surface area contributed by atoms with Crippen molar-refractivity contribution in [2.45, 2.75) is 53.1 Å². The molecule has 1 aromatic heterocycles. The average molecular weight is 490 g/mol. The van der Waals surface area contributed by atoms with Crippen molar-refractivity contribution in [3.63, 3.8) is 0 Å². The second-order valence-corrected chi connectivity index (χ2v) is 9.13. The van der Waals surface area contributed by atoms with Gasteiger partial charge in [-0.1, -0.05) is 13.8 Å². The third-order valence-electron chi connectivity index (χ3n) is 6.00. The predicted octanol–water partition coefficient (Wildman–Crippen LogP) is 3.34. The molecule has 1 aromatic rings. The molecule has 3 rings (SSSR count). The van der Waals surface area contributed by atoms with Crippen LogP contribution in [0, 0.1) is 5.41 Å². The van der Waals surface area contributed by atoms with Crippen LogP contribution in [0.2, 0.25) is 0 Å². The fourth-order valence-corrected chi connectivity index (χ4v) is 4.39. The quantitative estimate of drug-likeness (QED) is 0.402. The lowest BCUT2D eigenvalue weighted by Gasteiger charge is -2.62. The molecule has 2 aliphatic rings. The maximum absolute atomic E-state index is 12.6. The molecule has 0 saturated carbocycles. The Morgan fingerprint density at radius 1 is 1.35 bits per heavy atom. The van der Waals surface area contributed by atoms with Crippen LogP contribution in [0.25, 0.3) is 0 Å². The molecule has 0 spiro atoms. The van der Waals surface area contributed by atoms with E-state index in [0.717, 1.165) is 38.6 Å². The summed E-state index contributed by atoms with van der Waals surface area (Å²) < 4.78 is 0. The lowest BCUT2D eigenvalue weighted by Crippen LogP contribution is -2.72. The number of hydrogen-bond acceptors (Lipinski definition) is 3. The number of nitrogens with zero attached hydrogens (tertiary/aromatic N) is 3. The molecule has 1 N–H and O–H groups in total. The van der Waals surface area contributed by atoms with E-state index in [0.29, 0.717) is 0 Å². The van der Waals surface area contributed by atoms with E-state index in [1.165, 1.54) is 10.4 Å². The number of carbonyl (C=O) groups is 1. The van der Waals surface area contributed by atoms with Gasteiger partial charge in [0.1, 0.15) is 6.54 Å². The van der Waals surface area contributed by atoms with Crippen molar-refractivity contribution in [2.24, 2.45) is 10.4 Å². The van der Waals surface area contributed by atoms with E-state index >= 15 is 0 Å². The van der Waals surface area contributed by atoms with Gasteiger partial charge in [-0.2, -0.15) is 0 Å². The van der Waals surface area contributed by atoms with Gasteiger partial charge in [0.25, 0.3) is 0 Å². The molecule has 0 unspecified atom stereocenters. The predicted molar refractivity (Wildman–Crippen MR) is 119 cm³/mol. The van der Waals surface area contributed by atoms with Gasteiger partial charge in [0.15, 0.2) is 5.96 Å². The van der Waals surface area contributed by atoms with Gasteiger partial charge >= 0.3 is 0 Å². The van der Waals surface area contributed by atoms with Crippen LogP contribution in [-0.2, 0) is 17.8 Å². The summed E-state index contributed by atoms with van der Waals surface area (Å²) in [7, 11) is 0. The van der Waals surface area contributed by atoms with E-state index in [2.05, 4.69) is 61.3 Å². The monoisotopic (exact) mass is 490 g/mol. The Morgan fingerprint density at radius 2 is 2.08 bits per heavy atom. The molecular weight excluding hydrogens is 459 g/mol. The molecule has 0 aliphatic carbocycles. The fourth-order valence-electron chi connectivity index (χ4n) is 3.50. The van der Waals surface area contributed by atoms with Crippen molar-refractivity contribution in [1.82, 2.24) is 15.1 Å². The minimum Gasteiger partial charge on any atom is -0.356 e. The summed E-state index contributed by atoms with van der Waals surface area (Å²) in [6, 6.07) is 2.14. The first-order chi connectivity index (χ1) is 11.8. The first-order valence-corrected chi connectivity index (χ1v) is 10.0. The summed E-state index contributed by atoms with van der Waals surface area (Å²) in [5.41, 5.74) is 1.58. The molecule has 0 atom stereocenters. The first kappa shape index (κ1) is 21.5. The van der Waals surface area contributed by atoms with Crippen LogP contribution in [0.15, 0.2) is 16.4 Å². The number of guanidine groups is 1. The first-order valence-electron chi connectivity index (χ1n) is 9.15. The summed E-state index contributed by atoms with van der Waals surface area (Å²) in [6.07, 6.45) is 0.968. The lowest BCUT2D eigenvalue weighted by molar-refractivity contribution is -0.130. The minimum absolute atomic E-state index is 0. The van der Waals surface area contributed by atoms with E-state index in [1.807, 2.05) is 4.90 Å². The Morgan fingerprint density at radius 3 is 2.69 bits per heavy atom. The highest BCUT2D eigenvalue weighted by atomic mass is 127. The van der Waals surface area contributed by atoms with Crippen molar-refractivity contribution in [3.8, 4) is 0 Å². The Balaban J connectivity index is 0.00000243. The van der Waals surface area contributed by atoms with Crippen molar-refractivity contribution in [1.29, 1.82) is 0 Å². The third-order valence-corrected chi connectivity index (χ3v) is 7.02. The highest BCUT2D eigenvalue weighted by Crippen LogP contribution is 2.46. The van der Waals surface area contributed by atoms with Crippen LogP contribution in [0.3, 0.4) is 0 Å². The molecule has 0 bridgehead atoms. The molecule has 1 fully saturated rings. The van der Waals surface area contributed by atoms with Crippen LogP contribution >= 0.6 is 35.3 Å². The van der Waals surface area contributed by atoms with Crippen molar-refractivity contribution < 1.29 is 4.79 Å². The van der Waals surface area contributed by atoms with E-state index in [4.69, 9.17) is 0 Å². The summed E-state index contributed by atoms with van der Waals surface area (Å²) in [6.45, 7) is 14.6. The topological polar surface area (TPSA) is 47.9 Å². The SMILES string of the molecule is CCNC(=NCC(=O)N1CCc2sccc2C1)N1CC(C)(C)C1(C)C.I. The van der Waals surface area contributed by atoms with Crippen LogP contribution in [-0.4, -0.2) is 53.4 Å². The Hall–Kier alpha value is -0.830. The van der Waals surface area contributed by atoms with Gasteiger partial charge in [0.2, 0.25) is 5.91 Å². The maximum Gasteiger partial charge on any atom is 0.244 e. The Labute approximate surface area is 178 Å². The molecule has 2 aliphatic heterocycles. The summed E-state index contributed by atoms with van der Waals surface area (Å²) in [5.74, 6) is 0.971. The second-order valence-electron chi connectivity index (χ2n) is 8.13. The molecule has 5 nitrogen and oxygen atoms in total. The third kappa shape index (κ3) is 3.88. The highest BCUT2D eigenvalue weighted by Gasteiger charge is 2.53.